The van der Waals surface area contributed by atoms with E-state index in [4.69, 9.17) is 5.11 Å². The molecule has 0 atom stereocenters. The maximum atomic E-state index is 11.9. The number of amides is 1. The molecule has 0 fully saturated rings. The number of thiophene rings is 1. The lowest BCUT2D eigenvalue weighted by atomic mass is 10.3. The molecular weight excluding hydrogens is 222 g/mol. The number of hydrogen-bond donors (Lipinski definition) is 1. The number of carbonyl (C=O) groups is 1. The highest BCUT2D eigenvalue weighted by atomic mass is 32.1. The van der Waals surface area contributed by atoms with Crippen LogP contribution in [0.1, 0.15) is 28.4 Å². The molecule has 0 aromatic carbocycles. The smallest absolute Gasteiger partial charge is 0.263 e. The highest BCUT2D eigenvalue weighted by Gasteiger charge is 2.13. The SMILES string of the molecule is CCN(CC)C(=O)c1ccc(C#CCO)s1. The highest BCUT2D eigenvalue weighted by molar-refractivity contribution is 7.14. The van der Waals surface area contributed by atoms with Crippen molar-refractivity contribution in [3.8, 4) is 11.8 Å². The van der Waals surface area contributed by atoms with Gasteiger partial charge in [-0.2, -0.15) is 0 Å². The van der Waals surface area contributed by atoms with Gasteiger partial charge in [0.2, 0.25) is 0 Å². The summed E-state index contributed by atoms with van der Waals surface area (Å²) in [7, 11) is 0. The van der Waals surface area contributed by atoms with E-state index in [1.807, 2.05) is 19.9 Å². The molecule has 0 aliphatic rings. The zero-order valence-corrected chi connectivity index (χ0v) is 10.3. The van der Waals surface area contributed by atoms with E-state index in [9.17, 15) is 4.79 Å². The molecule has 16 heavy (non-hydrogen) atoms. The summed E-state index contributed by atoms with van der Waals surface area (Å²) in [5.41, 5.74) is 0. The summed E-state index contributed by atoms with van der Waals surface area (Å²) >= 11 is 1.36. The van der Waals surface area contributed by atoms with Gasteiger partial charge in [0.1, 0.15) is 6.61 Å². The second kappa shape index (κ2) is 6.31. The van der Waals surface area contributed by atoms with Crippen LogP contribution in [0.15, 0.2) is 12.1 Å². The molecule has 0 saturated carbocycles. The normalized spacial score (nSPS) is 9.44. The first-order valence-electron chi connectivity index (χ1n) is 5.21. The molecule has 1 N–H and O–H groups in total. The second-order valence-corrected chi connectivity index (χ2v) is 4.19. The summed E-state index contributed by atoms with van der Waals surface area (Å²) in [6.45, 7) is 5.19. The van der Waals surface area contributed by atoms with E-state index < -0.39 is 0 Å². The predicted molar refractivity (Wildman–Crippen MR) is 65.5 cm³/mol. The van der Waals surface area contributed by atoms with Crippen molar-refractivity contribution in [3.05, 3.63) is 21.9 Å². The summed E-state index contributed by atoms with van der Waals surface area (Å²) in [6, 6.07) is 3.59. The summed E-state index contributed by atoms with van der Waals surface area (Å²) in [4.78, 5) is 15.2. The Morgan fingerprint density at radius 2 is 2.12 bits per heavy atom. The van der Waals surface area contributed by atoms with Gasteiger partial charge < -0.3 is 10.0 Å². The summed E-state index contributed by atoms with van der Waals surface area (Å²) in [6.07, 6.45) is 0. The molecular formula is C12H15NO2S. The Balaban J connectivity index is 2.81. The average molecular weight is 237 g/mol. The first kappa shape index (κ1) is 12.8. The van der Waals surface area contributed by atoms with Crippen molar-refractivity contribution in [3.63, 3.8) is 0 Å². The van der Waals surface area contributed by atoms with Gasteiger partial charge in [-0.1, -0.05) is 11.8 Å². The average Bonchev–Trinajstić information content (AvgIpc) is 2.76. The van der Waals surface area contributed by atoms with Crippen molar-refractivity contribution in [1.82, 2.24) is 4.90 Å². The first-order chi connectivity index (χ1) is 7.72. The van der Waals surface area contributed by atoms with Crippen LogP contribution < -0.4 is 0 Å². The van der Waals surface area contributed by atoms with Gasteiger partial charge in [0.05, 0.1) is 9.75 Å². The molecule has 0 unspecified atom stereocenters. The number of aliphatic hydroxyl groups excluding tert-OH is 1. The first-order valence-corrected chi connectivity index (χ1v) is 6.03. The summed E-state index contributed by atoms with van der Waals surface area (Å²) in [5, 5.41) is 8.56. The minimum Gasteiger partial charge on any atom is -0.384 e. The number of aliphatic hydroxyl groups is 1. The fourth-order valence-corrected chi connectivity index (χ4v) is 2.16. The second-order valence-electron chi connectivity index (χ2n) is 3.10. The van der Waals surface area contributed by atoms with Crippen molar-refractivity contribution in [2.45, 2.75) is 13.8 Å². The Morgan fingerprint density at radius 1 is 1.44 bits per heavy atom. The van der Waals surface area contributed by atoms with E-state index >= 15 is 0 Å². The molecule has 0 saturated heterocycles. The molecule has 4 heteroatoms. The van der Waals surface area contributed by atoms with E-state index in [0.29, 0.717) is 18.0 Å². The minimum atomic E-state index is -0.156. The van der Waals surface area contributed by atoms with Crippen LogP contribution in [0.25, 0.3) is 0 Å². The van der Waals surface area contributed by atoms with Crippen molar-refractivity contribution in [1.29, 1.82) is 0 Å². The number of rotatable bonds is 3. The lowest BCUT2D eigenvalue weighted by molar-refractivity contribution is 0.0778. The van der Waals surface area contributed by atoms with Crippen LogP contribution in [0.2, 0.25) is 0 Å². The number of nitrogens with zero attached hydrogens (tertiary/aromatic N) is 1. The van der Waals surface area contributed by atoms with Crippen LogP contribution in [0.3, 0.4) is 0 Å². The molecule has 1 aromatic heterocycles. The molecule has 86 valence electrons. The molecule has 0 spiro atoms. The largest absolute Gasteiger partial charge is 0.384 e. The maximum absolute atomic E-state index is 11.9. The van der Waals surface area contributed by atoms with E-state index in [1.165, 1.54) is 11.3 Å². The predicted octanol–water partition coefficient (Wildman–Crippen LogP) is 1.57. The lowest BCUT2D eigenvalue weighted by Crippen LogP contribution is -2.29. The third kappa shape index (κ3) is 3.09. The van der Waals surface area contributed by atoms with Crippen LogP contribution in [0, 0.1) is 11.8 Å². The van der Waals surface area contributed by atoms with Gasteiger partial charge in [-0.05, 0) is 26.0 Å². The van der Waals surface area contributed by atoms with Crippen molar-refractivity contribution >= 4 is 17.2 Å². The Morgan fingerprint density at radius 3 is 2.69 bits per heavy atom. The molecule has 3 nitrogen and oxygen atoms in total. The van der Waals surface area contributed by atoms with Crippen LogP contribution >= 0.6 is 11.3 Å². The van der Waals surface area contributed by atoms with Crippen LogP contribution in [-0.4, -0.2) is 35.6 Å². The van der Waals surface area contributed by atoms with Gasteiger partial charge in [0.25, 0.3) is 5.91 Å². The Kier molecular flexibility index (Phi) is 5.03. The third-order valence-corrected chi connectivity index (χ3v) is 3.15. The van der Waals surface area contributed by atoms with Gasteiger partial charge in [0.15, 0.2) is 0 Å². The molecule has 0 aliphatic heterocycles. The van der Waals surface area contributed by atoms with Gasteiger partial charge in [-0.3, -0.25) is 4.79 Å². The van der Waals surface area contributed by atoms with Crippen molar-refractivity contribution in [2.24, 2.45) is 0 Å². The molecule has 0 radical (unpaired) electrons. The molecule has 1 aromatic rings. The fraction of sp³-hybridized carbons (Fsp3) is 0.417. The number of carbonyl (C=O) groups excluding carboxylic acids is 1. The van der Waals surface area contributed by atoms with Gasteiger partial charge in [-0.15, -0.1) is 11.3 Å². The van der Waals surface area contributed by atoms with E-state index in [1.54, 1.807) is 11.0 Å². The van der Waals surface area contributed by atoms with Crippen molar-refractivity contribution < 1.29 is 9.90 Å². The maximum Gasteiger partial charge on any atom is 0.263 e. The van der Waals surface area contributed by atoms with Gasteiger partial charge >= 0.3 is 0 Å². The highest BCUT2D eigenvalue weighted by Crippen LogP contribution is 2.17. The Labute approximate surface area is 99.7 Å². The third-order valence-electron chi connectivity index (χ3n) is 2.16. The topological polar surface area (TPSA) is 40.5 Å². The molecule has 0 bridgehead atoms. The fourth-order valence-electron chi connectivity index (χ4n) is 1.31. The van der Waals surface area contributed by atoms with Crippen molar-refractivity contribution in [2.75, 3.05) is 19.7 Å². The van der Waals surface area contributed by atoms with Crippen LogP contribution in [0.5, 0.6) is 0 Å². The summed E-state index contributed by atoms with van der Waals surface area (Å²) < 4.78 is 0. The standard InChI is InChI=1S/C12H15NO2S/c1-3-13(4-2)12(15)11-8-7-10(16-11)6-5-9-14/h7-8,14H,3-4,9H2,1-2H3. The van der Waals surface area contributed by atoms with E-state index in [0.717, 1.165) is 4.88 Å². The monoisotopic (exact) mass is 237 g/mol. The van der Waals surface area contributed by atoms with E-state index in [-0.39, 0.29) is 12.5 Å². The van der Waals surface area contributed by atoms with Gasteiger partial charge in [-0.25, -0.2) is 0 Å². The van der Waals surface area contributed by atoms with Crippen LogP contribution in [0.4, 0.5) is 0 Å². The Hall–Kier alpha value is -1.31. The van der Waals surface area contributed by atoms with E-state index in [2.05, 4.69) is 11.8 Å². The minimum absolute atomic E-state index is 0.0482. The quantitative estimate of drug-likeness (QED) is 0.811. The lowest BCUT2D eigenvalue weighted by Gasteiger charge is -2.17. The molecule has 1 rings (SSSR count). The molecule has 1 heterocycles. The zero-order chi connectivity index (χ0) is 12.0. The molecule has 1 amide bonds. The Bertz CT molecular complexity index is 410. The number of hydrogen-bond acceptors (Lipinski definition) is 3. The van der Waals surface area contributed by atoms with Gasteiger partial charge in [0, 0.05) is 13.1 Å². The zero-order valence-electron chi connectivity index (χ0n) is 9.49. The summed E-state index contributed by atoms with van der Waals surface area (Å²) in [5.74, 6) is 5.41. The van der Waals surface area contributed by atoms with Crippen LogP contribution in [-0.2, 0) is 0 Å². The molecule has 0 aliphatic carbocycles.